The molecule has 0 fully saturated rings. The lowest BCUT2D eigenvalue weighted by Gasteiger charge is -2.23. The number of methoxy groups -OCH3 is 1. The van der Waals surface area contributed by atoms with Crippen molar-refractivity contribution >= 4 is 34.0 Å². The first-order chi connectivity index (χ1) is 20.4. The number of para-hydroxylation sites is 1. The largest absolute Gasteiger partial charge is 0.497 e. The molecule has 5 aromatic rings. The molecule has 1 amide bonds. The van der Waals surface area contributed by atoms with E-state index in [9.17, 15) is 19.1 Å². The molecular weight excluding hydrogens is 553 g/mol. The average molecular weight is 582 g/mol. The standard InChI is InChI=1S/C33H28FN3O4S/c1-41-26-11-7-10-25(19-26)29-21-42-33(36-29)37(30-13-6-5-12-27(30)34)20-23-14-16-24(17-15-23)31(38)35-28(32(39)40)18-22-8-3-2-4-9-22/h2-17,19,21,28H,18,20H2,1H3,(H,35,38)(H,39,40). The molecule has 7 nitrogen and oxygen atoms in total. The number of anilines is 2. The summed E-state index contributed by atoms with van der Waals surface area (Å²) < 4.78 is 20.3. The predicted octanol–water partition coefficient (Wildman–Crippen LogP) is 6.72. The Morgan fingerprint density at radius 2 is 1.69 bits per heavy atom. The van der Waals surface area contributed by atoms with Crippen LogP contribution in [0.3, 0.4) is 0 Å². The predicted molar refractivity (Wildman–Crippen MR) is 162 cm³/mol. The quantitative estimate of drug-likeness (QED) is 0.180. The van der Waals surface area contributed by atoms with Crippen LogP contribution in [0.2, 0.25) is 0 Å². The number of halogens is 1. The number of carboxylic acids is 1. The van der Waals surface area contributed by atoms with Crippen LogP contribution < -0.4 is 15.0 Å². The van der Waals surface area contributed by atoms with Crippen molar-refractivity contribution in [1.29, 1.82) is 0 Å². The molecular formula is C33H28FN3O4S. The van der Waals surface area contributed by atoms with Crippen molar-refractivity contribution in [1.82, 2.24) is 10.3 Å². The first kappa shape index (κ1) is 28.5. The minimum absolute atomic E-state index is 0.170. The van der Waals surface area contributed by atoms with Gasteiger partial charge in [0.2, 0.25) is 0 Å². The average Bonchev–Trinajstić information content (AvgIpc) is 3.51. The summed E-state index contributed by atoms with van der Waals surface area (Å²) >= 11 is 1.39. The normalized spacial score (nSPS) is 11.5. The summed E-state index contributed by atoms with van der Waals surface area (Å²) in [5.41, 5.74) is 3.94. The van der Waals surface area contributed by atoms with Crippen LogP contribution in [0.5, 0.6) is 5.75 Å². The Kier molecular flexibility index (Phi) is 8.89. The molecule has 0 saturated heterocycles. The van der Waals surface area contributed by atoms with Crippen molar-refractivity contribution in [3.05, 3.63) is 131 Å². The molecule has 4 aromatic carbocycles. The molecule has 0 radical (unpaired) electrons. The monoisotopic (exact) mass is 581 g/mol. The van der Waals surface area contributed by atoms with Crippen molar-refractivity contribution in [3.63, 3.8) is 0 Å². The van der Waals surface area contributed by atoms with Gasteiger partial charge in [-0.3, -0.25) is 4.79 Å². The third-order valence-corrected chi connectivity index (χ3v) is 7.54. The first-order valence-electron chi connectivity index (χ1n) is 13.2. The number of nitrogens with one attached hydrogen (secondary N) is 1. The fourth-order valence-electron chi connectivity index (χ4n) is 4.47. The number of rotatable bonds is 11. The molecule has 1 unspecified atom stereocenters. The van der Waals surface area contributed by atoms with E-state index >= 15 is 0 Å². The second-order valence-electron chi connectivity index (χ2n) is 9.54. The van der Waals surface area contributed by atoms with Crippen LogP contribution in [0.25, 0.3) is 11.3 Å². The number of hydrogen-bond acceptors (Lipinski definition) is 6. The van der Waals surface area contributed by atoms with E-state index in [0.717, 1.165) is 22.4 Å². The zero-order valence-electron chi connectivity index (χ0n) is 22.7. The number of ether oxygens (including phenoxy) is 1. The number of carbonyl (C=O) groups is 2. The summed E-state index contributed by atoms with van der Waals surface area (Å²) in [6, 6.07) is 29.0. The van der Waals surface area contributed by atoms with E-state index in [1.54, 1.807) is 54.5 Å². The third-order valence-electron chi connectivity index (χ3n) is 6.67. The molecule has 0 bridgehead atoms. The molecule has 1 atom stereocenters. The first-order valence-corrected chi connectivity index (χ1v) is 14.1. The van der Waals surface area contributed by atoms with Gasteiger partial charge in [-0.1, -0.05) is 66.7 Å². The van der Waals surface area contributed by atoms with Crippen LogP contribution in [0, 0.1) is 5.82 Å². The topological polar surface area (TPSA) is 91.8 Å². The Bertz CT molecular complexity index is 1670. The zero-order valence-corrected chi connectivity index (χ0v) is 23.6. The molecule has 212 valence electrons. The van der Waals surface area contributed by atoms with E-state index < -0.39 is 17.9 Å². The molecule has 0 saturated carbocycles. The highest BCUT2D eigenvalue weighted by Crippen LogP contribution is 2.35. The molecule has 0 aliphatic heterocycles. The number of amides is 1. The second kappa shape index (κ2) is 13.1. The number of aromatic nitrogens is 1. The highest BCUT2D eigenvalue weighted by atomic mass is 32.1. The molecule has 0 aliphatic rings. The minimum atomic E-state index is -1.11. The molecule has 0 spiro atoms. The lowest BCUT2D eigenvalue weighted by molar-refractivity contribution is -0.139. The number of thiazole rings is 1. The molecule has 9 heteroatoms. The van der Waals surface area contributed by atoms with E-state index in [4.69, 9.17) is 9.72 Å². The number of benzene rings is 4. The summed E-state index contributed by atoms with van der Waals surface area (Å²) in [5.74, 6) is -1.27. The maximum Gasteiger partial charge on any atom is 0.326 e. The lowest BCUT2D eigenvalue weighted by Crippen LogP contribution is -2.42. The van der Waals surface area contributed by atoms with Crippen LogP contribution >= 0.6 is 11.3 Å². The van der Waals surface area contributed by atoms with Gasteiger partial charge in [0.15, 0.2) is 5.13 Å². The molecule has 42 heavy (non-hydrogen) atoms. The highest BCUT2D eigenvalue weighted by Gasteiger charge is 2.22. The summed E-state index contributed by atoms with van der Waals surface area (Å²) in [4.78, 5) is 31.3. The van der Waals surface area contributed by atoms with Crippen molar-refractivity contribution < 1.29 is 23.8 Å². The molecule has 1 heterocycles. The summed E-state index contributed by atoms with van der Waals surface area (Å²) in [6.07, 6.45) is 0.170. The van der Waals surface area contributed by atoms with Gasteiger partial charge in [-0.05, 0) is 47.5 Å². The van der Waals surface area contributed by atoms with Crippen molar-refractivity contribution in [2.45, 2.75) is 19.0 Å². The Morgan fingerprint density at radius 1 is 0.952 bits per heavy atom. The fraction of sp³-hybridized carbons (Fsp3) is 0.121. The smallest absolute Gasteiger partial charge is 0.326 e. The number of hydrogen-bond donors (Lipinski definition) is 2. The number of nitrogens with zero attached hydrogens (tertiary/aromatic N) is 2. The van der Waals surface area contributed by atoms with Crippen LogP contribution in [0.15, 0.2) is 109 Å². The maximum atomic E-state index is 15.0. The van der Waals surface area contributed by atoms with E-state index in [1.165, 1.54) is 17.4 Å². The van der Waals surface area contributed by atoms with Gasteiger partial charge >= 0.3 is 5.97 Å². The van der Waals surface area contributed by atoms with Crippen molar-refractivity contribution in [2.24, 2.45) is 0 Å². The van der Waals surface area contributed by atoms with Gasteiger partial charge in [0.05, 0.1) is 25.0 Å². The van der Waals surface area contributed by atoms with E-state index in [2.05, 4.69) is 5.32 Å². The van der Waals surface area contributed by atoms with Crippen LogP contribution in [-0.2, 0) is 17.8 Å². The molecule has 1 aromatic heterocycles. The van der Waals surface area contributed by atoms with Crippen molar-refractivity contribution in [3.8, 4) is 17.0 Å². The summed E-state index contributed by atoms with van der Waals surface area (Å²) in [7, 11) is 1.61. The van der Waals surface area contributed by atoms with E-state index in [0.29, 0.717) is 28.7 Å². The van der Waals surface area contributed by atoms with Crippen molar-refractivity contribution in [2.75, 3.05) is 12.0 Å². The van der Waals surface area contributed by atoms with Gasteiger partial charge < -0.3 is 20.1 Å². The van der Waals surface area contributed by atoms with Gasteiger partial charge in [-0.15, -0.1) is 11.3 Å². The number of carboxylic acid groups (broad SMARTS) is 1. The van der Waals surface area contributed by atoms with Crippen LogP contribution in [-0.4, -0.2) is 35.1 Å². The summed E-state index contributed by atoms with van der Waals surface area (Å²) in [5, 5.41) is 14.8. The van der Waals surface area contributed by atoms with Gasteiger partial charge in [-0.2, -0.15) is 0 Å². The van der Waals surface area contributed by atoms with Gasteiger partial charge in [0, 0.05) is 22.9 Å². The molecule has 5 rings (SSSR count). The Balaban J connectivity index is 1.35. The van der Waals surface area contributed by atoms with Gasteiger partial charge in [0.25, 0.3) is 5.91 Å². The highest BCUT2D eigenvalue weighted by molar-refractivity contribution is 7.14. The Labute approximate surface area is 246 Å². The maximum absolute atomic E-state index is 15.0. The van der Waals surface area contributed by atoms with Crippen LogP contribution in [0.1, 0.15) is 21.5 Å². The zero-order chi connectivity index (χ0) is 29.5. The molecule has 0 aliphatic carbocycles. The minimum Gasteiger partial charge on any atom is -0.497 e. The van der Waals surface area contributed by atoms with Gasteiger partial charge in [-0.25, -0.2) is 14.2 Å². The Hall–Kier alpha value is -5.02. The fourth-order valence-corrected chi connectivity index (χ4v) is 5.31. The SMILES string of the molecule is COc1cccc(-c2csc(N(Cc3ccc(C(=O)NC(Cc4ccccc4)C(=O)O)cc3)c3ccccc3F)n2)c1. The number of carbonyl (C=O) groups excluding carboxylic acids is 1. The third kappa shape index (κ3) is 6.82. The second-order valence-corrected chi connectivity index (χ2v) is 10.4. The molecule has 2 N–H and O–H groups in total. The number of aliphatic carboxylic acids is 1. The van der Waals surface area contributed by atoms with Crippen LogP contribution in [0.4, 0.5) is 15.2 Å². The van der Waals surface area contributed by atoms with E-state index in [1.807, 2.05) is 60.0 Å². The van der Waals surface area contributed by atoms with Gasteiger partial charge in [0.1, 0.15) is 17.6 Å². The van der Waals surface area contributed by atoms with E-state index in [-0.39, 0.29) is 12.2 Å². The lowest BCUT2D eigenvalue weighted by atomic mass is 10.1. The Morgan fingerprint density at radius 3 is 2.40 bits per heavy atom. The summed E-state index contributed by atoms with van der Waals surface area (Å²) in [6.45, 7) is 0.291.